The Morgan fingerprint density at radius 3 is 2.59 bits per heavy atom. The largest absolute Gasteiger partial charge is 0.382 e. The molecule has 0 radical (unpaired) electrons. The number of hydrogen-bond donors (Lipinski definition) is 3. The molecule has 2 atom stereocenters. The number of methoxy groups -OCH3 is 1. The van der Waals surface area contributed by atoms with E-state index in [2.05, 4.69) is 11.9 Å². The Morgan fingerprint density at radius 1 is 1.28 bits per heavy atom. The third-order valence-electron chi connectivity index (χ3n) is 4.03. The summed E-state index contributed by atoms with van der Waals surface area (Å²) >= 11 is 0. The minimum Gasteiger partial charge on any atom is -0.382 e. The molecule has 1 rings (SSSR count). The second-order valence-corrected chi connectivity index (χ2v) is 6.18. The Hall–Kier alpha value is -2.77. The van der Waals surface area contributed by atoms with Crippen molar-refractivity contribution in [3.05, 3.63) is 48.0 Å². The summed E-state index contributed by atoms with van der Waals surface area (Å²) < 4.78 is 15.6. The van der Waals surface area contributed by atoms with Crippen molar-refractivity contribution in [1.82, 2.24) is 10.8 Å². The van der Waals surface area contributed by atoms with Crippen molar-refractivity contribution in [2.45, 2.75) is 18.9 Å². The molecule has 9 heteroatoms. The number of nitriles is 1. The molecule has 0 aliphatic carbocycles. The molecule has 0 saturated heterocycles. The topological polar surface area (TPSA) is 130 Å². The van der Waals surface area contributed by atoms with Gasteiger partial charge in [-0.05, 0) is 37.1 Å². The van der Waals surface area contributed by atoms with Crippen molar-refractivity contribution >= 4 is 11.8 Å². The van der Waals surface area contributed by atoms with Crippen molar-refractivity contribution in [2.24, 2.45) is 5.92 Å². The summed E-state index contributed by atoms with van der Waals surface area (Å²) in [7, 11) is 1.56. The lowest BCUT2D eigenvalue weighted by atomic mass is 9.95. The Labute approximate surface area is 170 Å². The fraction of sp³-hybridized carbons (Fsp3) is 0.450. The third-order valence-corrected chi connectivity index (χ3v) is 4.03. The first-order chi connectivity index (χ1) is 14.0. The second kappa shape index (κ2) is 14.3. The number of nitrogens with one attached hydrogen (secondary N) is 2. The van der Waals surface area contributed by atoms with Gasteiger partial charge in [0, 0.05) is 18.6 Å². The number of carbonyl (C=O) groups excluding carboxylic acids is 2. The first-order valence-corrected chi connectivity index (χ1v) is 9.06. The molecule has 0 bridgehead atoms. The molecule has 158 valence electrons. The molecule has 0 spiro atoms. The fourth-order valence-corrected chi connectivity index (χ4v) is 2.53. The smallest absolute Gasteiger partial charge is 0.251 e. The van der Waals surface area contributed by atoms with Gasteiger partial charge in [0.05, 0.1) is 37.5 Å². The molecule has 3 N–H and O–H groups in total. The zero-order valence-corrected chi connectivity index (χ0v) is 16.4. The predicted octanol–water partition coefficient (Wildman–Crippen LogP) is 1.38. The van der Waals surface area contributed by atoms with Gasteiger partial charge in [-0.25, -0.2) is 5.48 Å². The summed E-state index contributed by atoms with van der Waals surface area (Å²) in [6.07, 6.45) is 2.10. The van der Waals surface area contributed by atoms with Crippen molar-refractivity contribution in [1.29, 1.82) is 5.26 Å². The summed E-state index contributed by atoms with van der Waals surface area (Å²) in [5, 5.41) is 20.6. The highest BCUT2D eigenvalue weighted by Crippen LogP contribution is 2.14. The number of hydrogen-bond acceptors (Lipinski definition) is 7. The number of hydroxylamine groups is 1. The van der Waals surface area contributed by atoms with Gasteiger partial charge in [0.2, 0.25) is 5.91 Å². The van der Waals surface area contributed by atoms with Gasteiger partial charge in [0.25, 0.3) is 5.91 Å². The van der Waals surface area contributed by atoms with Gasteiger partial charge in [-0.15, -0.1) is 6.58 Å². The van der Waals surface area contributed by atoms with Crippen LogP contribution in [-0.4, -0.2) is 56.8 Å². The monoisotopic (exact) mass is 405 g/mol. The van der Waals surface area contributed by atoms with Gasteiger partial charge in [0.15, 0.2) is 0 Å². The third kappa shape index (κ3) is 9.32. The molecule has 0 unspecified atom stereocenters. The molecule has 0 aliphatic heterocycles. The Bertz CT molecular complexity index is 686. The van der Waals surface area contributed by atoms with Crippen molar-refractivity contribution in [3.63, 3.8) is 0 Å². The molecule has 0 aromatic heterocycles. The average molecular weight is 405 g/mol. The van der Waals surface area contributed by atoms with Gasteiger partial charge in [0.1, 0.15) is 6.79 Å². The van der Waals surface area contributed by atoms with Crippen LogP contribution >= 0.6 is 0 Å². The Balaban J connectivity index is 2.75. The number of allylic oxidation sites excluding steroid dienone is 1. The number of nitrogens with zero attached hydrogens (tertiary/aromatic N) is 1. The normalized spacial score (nSPS) is 12.4. The van der Waals surface area contributed by atoms with E-state index in [0.29, 0.717) is 30.8 Å². The van der Waals surface area contributed by atoms with Gasteiger partial charge in [-0.2, -0.15) is 5.26 Å². The van der Waals surface area contributed by atoms with Crippen molar-refractivity contribution in [2.75, 3.05) is 33.7 Å². The first-order valence-electron chi connectivity index (χ1n) is 9.06. The lowest BCUT2D eigenvalue weighted by molar-refractivity contribution is -0.134. The molecule has 2 amide bonds. The Kier molecular flexibility index (Phi) is 11.9. The number of benzene rings is 1. The van der Waals surface area contributed by atoms with E-state index in [4.69, 9.17) is 24.7 Å². The van der Waals surface area contributed by atoms with Crippen molar-refractivity contribution < 1.29 is 29.0 Å². The van der Waals surface area contributed by atoms with Crippen LogP contribution in [0, 0.1) is 17.2 Å². The van der Waals surface area contributed by atoms with Crippen LogP contribution in [0.1, 0.15) is 28.8 Å². The summed E-state index contributed by atoms with van der Waals surface area (Å²) in [4.78, 5) is 24.4. The Morgan fingerprint density at radius 2 is 2.00 bits per heavy atom. The first kappa shape index (κ1) is 24.3. The van der Waals surface area contributed by atoms with Crippen LogP contribution in [0.15, 0.2) is 36.9 Å². The number of carbonyl (C=O) groups is 2. The maximum atomic E-state index is 12.5. The highest BCUT2D eigenvalue weighted by atomic mass is 16.7. The van der Waals surface area contributed by atoms with E-state index in [-0.39, 0.29) is 25.7 Å². The predicted molar refractivity (Wildman–Crippen MR) is 104 cm³/mol. The minimum atomic E-state index is -0.596. The molecule has 0 aliphatic rings. The highest BCUT2D eigenvalue weighted by Gasteiger charge is 2.24. The maximum absolute atomic E-state index is 12.5. The van der Waals surface area contributed by atoms with Crippen LogP contribution in [0.4, 0.5) is 0 Å². The summed E-state index contributed by atoms with van der Waals surface area (Å²) in [6, 6.07) is 7.64. The summed E-state index contributed by atoms with van der Waals surface area (Å²) in [5.74, 6) is -1.54. The molecule has 0 saturated carbocycles. The zero-order chi connectivity index (χ0) is 21.5. The molecule has 1 aromatic rings. The lowest BCUT2D eigenvalue weighted by Gasteiger charge is -2.23. The fourth-order valence-electron chi connectivity index (χ4n) is 2.53. The molecular weight excluding hydrogens is 378 g/mol. The number of amides is 2. The van der Waals surface area contributed by atoms with Crippen LogP contribution in [0.3, 0.4) is 0 Å². The maximum Gasteiger partial charge on any atom is 0.251 e. The van der Waals surface area contributed by atoms with E-state index in [1.807, 2.05) is 6.07 Å². The van der Waals surface area contributed by atoms with E-state index in [1.54, 1.807) is 42.9 Å². The van der Waals surface area contributed by atoms with Crippen LogP contribution < -0.4 is 10.8 Å². The van der Waals surface area contributed by atoms with Crippen LogP contribution in [0.2, 0.25) is 0 Å². The molecule has 0 heterocycles. The SMILES string of the molecule is C=CC[C@@H](C[C@@H](COCOCCOC)NC(=O)c1ccc(C#N)cc1)C(=O)NO. The second-order valence-electron chi connectivity index (χ2n) is 6.18. The standard InChI is InChI=1S/C20H27N3O6/c1-3-4-17(20(25)23-26)11-18(13-29-14-28-10-9-27-2)22-19(24)16-7-5-15(12-21)6-8-16/h3,5-8,17-18,26H,1,4,9-11,13-14H2,2H3,(H,22,24)(H,23,25)/t17-,18-/m0/s1. The van der Waals surface area contributed by atoms with E-state index >= 15 is 0 Å². The van der Waals surface area contributed by atoms with Crippen LogP contribution in [0.5, 0.6) is 0 Å². The van der Waals surface area contributed by atoms with Crippen LogP contribution in [-0.2, 0) is 19.0 Å². The summed E-state index contributed by atoms with van der Waals surface area (Å²) in [6.45, 7) is 4.51. The van der Waals surface area contributed by atoms with E-state index in [0.717, 1.165) is 0 Å². The van der Waals surface area contributed by atoms with Crippen LogP contribution in [0.25, 0.3) is 0 Å². The van der Waals surface area contributed by atoms with Gasteiger partial charge in [-0.1, -0.05) is 6.08 Å². The van der Waals surface area contributed by atoms with E-state index < -0.39 is 17.9 Å². The average Bonchev–Trinajstić information content (AvgIpc) is 2.75. The van der Waals surface area contributed by atoms with Crippen molar-refractivity contribution in [3.8, 4) is 6.07 Å². The van der Waals surface area contributed by atoms with E-state index in [1.165, 1.54) is 0 Å². The molecule has 29 heavy (non-hydrogen) atoms. The zero-order valence-electron chi connectivity index (χ0n) is 16.4. The minimum absolute atomic E-state index is 0.00488. The van der Waals surface area contributed by atoms with E-state index in [9.17, 15) is 9.59 Å². The number of rotatable bonds is 14. The highest BCUT2D eigenvalue weighted by molar-refractivity contribution is 5.94. The molecular formula is C20H27N3O6. The number of ether oxygens (including phenoxy) is 3. The van der Waals surface area contributed by atoms with Gasteiger partial charge in [-0.3, -0.25) is 14.8 Å². The summed E-state index contributed by atoms with van der Waals surface area (Å²) in [5.41, 5.74) is 2.45. The molecule has 9 nitrogen and oxygen atoms in total. The molecule has 0 fully saturated rings. The molecule has 1 aromatic carbocycles. The lowest BCUT2D eigenvalue weighted by Crippen LogP contribution is -2.42. The quantitative estimate of drug-likeness (QED) is 0.140. The van der Waals surface area contributed by atoms with Gasteiger partial charge < -0.3 is 19.5 Å². The van der Waals surface area contributed by atoms with Gasteiger partial charge >= 0.3 is 0 Å².